The monoisotopic (exact) mass is 419 g/mol. The topological polar surface area (TPSA) is 72.9 Å². The summed E-state index contributed by atoms with van der Waals surface area (Å²) < 4.78 is 9.99. The zero-order valence-electron chi connectivity index (χ0n) is 18.3. The minimum atomic E-state index is -1.38. The quantitative estimate of drug-likeness (QED) is 0.562. The number of Topliss-reactive ketones (excluding diaryl/α,β-unsaturated/α-hetero) is 1. The van der Waals surface area contributed by atoms with Crippen LogP contribution in [0.5, 0.6) is 0 Å². The Morgan fingerprint density at radius 3 is 2.23 bits per heavy atom. The molecule has 0 spiro atoms. The smallest absolute Gasteiger partial charge is 0.355 e. The van der Waals surface area contributed by atoms with Crippen molar-refractivity contribution in [2.24, 2.45) is 0 Å². The van der Waals surface area contributed by atoms with E-state index < -0.39 is 28.8 Å². The minimum absolute atomic E-state index is 0.0552. The molecule has 0 fully saturated rings. The van der Waals surface area contributed by atoms with Gasteiger partial charge >= 0.3 is 11.9 Å². The van der Waals surface area contributed by atoms with E-state index in [9.17, 15) is 14.4 Å². The van der Waals surface area contributed by atoms with Gasteiger partial charge in [-0.05, 0) is 43.9 Å². The molecule has 6 heteroatoms. The first-order valence-electron chi connectivity index (χ1n) is 10.1. The molecule has 0 N–H and O–H groups in total. The molecule has 160 valence electrons. The van der Waals surface area contributed by atoms with Crippen molar-refractivity contribution < 1.29 is 23.9 Å². The van der Waals surface area contributed by atoms with Gasteiger partial charge in [0.05, 0.1) is 14.2 Å². The summed E-state index contributed by atoms with van der Waals surface area (Å²) in [6.45, 7) is 5.88. The van der Waals surface area contributed by atoms with Crippen LogP contribution in [0.4, 0.5) is 0 Å². The Kier molecular flexibility index (Phi) is 4.76. The second-order valence-corrected chi connectivity index (χ2v) is 8.60. The summed E-state index contributed by atoms with van der Waals surface area (Å²) in [7, 11) is 2.44. The van der Waals surface area contributed by atoms with Gasteiger partial charge in [0, 0.05) is 5.54 Å². The molecule has 0 saturated carbocycles. The maximum atomic E-state index is 14.2. The maximum Gasteiger partial charge on any atom is 0.355 e. The van der Waals surface area contributed by atoms with Gasteiger partial charge in [0.15, 0.2) is 5.54 Å². The molecule has 0 aromatic heterocycles. The number of carbonyl (C=O) groups excluding carboxylic acids is 3. The predicted octanol–water partition coefficient (Wildman–Crippen LogP) is 3.06. The van der Waals surface area contributed by atoms with Crippen molar-refractivity contribution >= 4 is 17.7 Å². The van der Waals surface area contributed by atoms with Crippen LogP contribution in [0.2, 0.25) is 0 Å². The lowest BCUT2D eigenvalue weighted by Gasteiger charge is -2.53. The molecule has 2 aromatic rings. The second-order valence-electron chi connectivity index (χ2n) is 8.60. The van der Waals surface area contributed by atoms with Crippen molar-refractivity contribution in [3.63, 3.8) is 0 Å². The number of rotatable bonds is 3. The molecule has 2 aliphatic heterocycles. The first kappa shape index (κ1) is 20.8. The Labute approximate surface area is 181 Å². The summed E-state index contributed by atoms with van der Waals surface area (Å²) in [4.78, 5) is 41.9. The third-order valence-corrected chi connectivity index (χ3v) is 6.19. The number of hydrogen-bond donors (Lipinski definition) is 0. The molecule has 0 amide bonds. The van der Waals surface area contributed by atoms with E-state index in [2.05, 4.69) is 0 Å². The zero-order chi connectivity index (χ0) is 22.6. The van der Waals surface area contributed by atoms with E-state index in [0.29, 0.717) is 12.0 Å². The summed E-state index contributed by atoms with van der Waals surface area (Å²) in [6, 6.07) is 15.3. The summed E-state index contributed by atoms with van der Waals surface area (Å²) in [5.74, 6) is -2.07. The first-order chi connectivity index (χ1) is 14.7. The van der Waals surface area contributed by atoms with E-state index in [4.69, 9.17) is 9.47 Å². The zero-order valence-corrected chi connectivity index (χ0v) is 18.3. The van der Waals surface area contributed by atoms with Crippen molar-refractivity contribution in [1.82, 2.24) is 4.90 Å². The fraction of sp³-hybridized carbons (Fsp3) is 0.320. The lowest BCUT2D eigenvalue weighted by molar-refractivity contribution is -0.141. The Hall–Kier alpha value is -3.41. The molecule has 0 radical (unpaired) electrons. The molecular weight excluding hydrogens is 394 g/mol. The summed E-state index contributed by atoms with van der Waals surface area (Å²) >= 11 is 0. The second kappa shape index (κ2) is 7.08. The van der Waals surface area contributed by atoms with Crippen LogP contribution in [0, 0.1) is 6.92 Å². The molecule has 31 heavy (non-hydrogen) atoms. The summed E-state index contributed by atoms with van der Waals surface area (Å²) in [5.41, 5.74) is 1.04. The van der Waals surface area contributed by atoms with Gasteiger partial charge in [0.1, 0.15) is 11.3 Å². The number of benzene rings is 2. The Morgan fingerprint density at radius 2 is 1.61 bits per heavy atom. The third-order valence-electron chi connectivity index (χ3n) is 6.19. The number of esters is 2. The molecule has 2 aromatic carbocycles. The fourth-order valence-electron chi connectivity index (χ4n) is 5.07. The predicted molar refractivity (Wildman–Crippen MR) is 114 cm³/mol. The van der Waals surface area contributed by atoms with E-state index >= 15 is 0 Å². The number of aryl methyl sites for hydroxylation is 1. The minimum Gasteiger partial charge on any atom is -0.465 e. The van der Waals surface area contributed by atoms with Crippen LogP contribution in [0.1, 0.15) is 36.1 Å². The highest BCUT2D eigenvalue weighted by atomic mass is 16.5. The molecule has 0 saturated heterocycles. The van der Waals surface area contributed by atoms with Crippen LogP contribution in [-0.4, -0.2) is 42.4 Å². The Balaban J connectivity index is 2.18. The molecule has 1 unspecified atom stereocenters. The highest BCUT2D eigenvalue weighted by Gasteiger charge is 2.64. The van der Waals surface area contributed by atoms with Gasteiger partial charge in [-0.2, -0.15) is 0 Å². The van der Waals surface area contributed by atoms with E-state index in [-0.39, 0.29) is 11.3 Å². The van der Waals surface area contributed by atoms with Crippen LogP contribution in [0.25, 0.3) is 0 Å². The molecule has 2 heterocycles. The van der Waals surface area contributed by atoms with Gasteiger partial charge < -0.3 is 14.4 Å². The van der Waals surface area contributed by atoms with E-state index in [0.717, 1.165) is 16.7 Å². The number of methoxy groups -OCH3 is 2. The number of hydrogen-bond acceptors (Lipinski definition) is 6. The molecule has 0 bridgehead atoms. The fourth-order valence-corrected chi connectivity index (χ4v) is 5.07. The normalized spacial score (nSPS) is 21.5. The van der Waals surface area contributed by atoms with Gasteiger partial charge in [-0.15, -0.1) is 0 Å². The van der Waals surface area contributed by atoms with E-state index in [1.54, 1.807) is 4.90 Å². The highest BCUT2D eigenvalue weighted by molar-refractivity contribution is 6.28. The first-order valence-corrected chi connectivity index (χ1v) is 10.1. The third kappa shape index (κ3) is 2.74. The molecule has 1 atom stereocenters. The van der Waals surface area contributed by atoms with E-state index in [1.165, 1.54) is 14.2 Å². The maximum absolute atomic E-state index is 14.2. The average Bonchev–Trinajstić information content (AvgIpc) is 3.05. The van der Waals surface area contributed by atoms with Crippen LogP contribution >= 0.6 is 0 Å². The number of nitrogens with zero attached hydrogens (tertiary/aromatic N) is 1. The van der Waals surface area contributed by atoms with Crippen molar-refractivity contribution in [1.29, 1.82) is 0 Å². The molecular formula is C25H25NO5. The van der Waals surface area contributed by atoms with E-state index in [1.807, 2.05) is 69.3 Å². The molecule has 2 aliphatic rings. The number of fused-ring (bicyclic) bond motifs is 3. The lowest BCUT2D eigenvalue weighted by Crippen LogP contribution is -2.61. The SMILES string of the molecule is COC(=O)C1=C(C(=O)OC)N2C(C)(C)Cc3ccc(C)cc3C2(c2ccccc2)C1=O. The van der Waals surface area contributed by atoms with Crippen molar-refractivity contribution in [2.75, 3.05) is 14.2 Å². The van der Waals surface area contributed by atoms with Gasteiger partial charge in [0.25, 0.3) is 0 Å². The molecule has 6 nitrogen and oxygen atoms in total. The van der Waals surface area contributed by atoms with Crippen molar-refractivity contribution in [2.45, 2.75) is 38.3 Å². The molecule has 0 aliphatic carbocycles. The lowest BCUT2D eigenvalue weighted by atomic mass is 9.69. The Bertz CT molecular complexity index is 1130. The van der Waals surface area contributed by atoms with Crippen LogP contribution in [-0.2, 0) is 35.8 Å². The van der Waals surface area contributed by atoms with Gasteiger partial charge in [-0.3, -0.25) is 4.79 Å². The summed E-state index contributed by atoms with van der Waals surface area (Å²) in [6.07, 6.45) is 0.583. The molecule has 4 rings (SSSR count). The highest BCUT2D eigenvalue weighted by Crippen LogP contribution is 2.55. The van der Waals surface area contributed by atoms with Crippen molar-refractivity contribution in [3.05, 3.63) is 82.1 Å². The Morgan fingerprint density at radius 1 is 0.968 bits per heavy atom. The standard InChI is InChI=1S/C25H25NO5/c1-15-11-12-16-14-24(2,3)26-20(23(29)31-5)19(22(28)30-4)21(27)25(26,18(16)13-15)17-9-7-6-8-10-17/h6-13H,14H2,1-5H3. The number of carbonyl (C=O) groups is 3. The van der Waals surface area contributed by atoms with Gasteiger partial charge in [-0.25, -0.2) is 9.59 Å². The van der Waals surface area contributed by atoms with Crippen molar-refractivity contribution in [3.8, 4) is 0 Å². The van der Waals surface area contributed by atoms with Gasteiger partial charge in [-0.1, -0.05) is 54.1 Å². The number of ketones is 1. The van der Waals surface area contributed by atoms with Crippen LogP contribution in [0.3, 0.4) is 0 Å². The largest absolute Gasteiger partial charge is 0.465 e. The number of ether oxygens (including phenoxy) is 2. The van der Waals surface area contributed by atoms with Crippen LogP contribution in [0.15, 0.2) is 59.8 Å². The van der Waals surface area contributed by atoms with Crippen LogP contribution < -0.4 is 0 Å². The van der Waals surface area contributed by atoms with Gasteiger partial charge in [0.2, 0.25) is 5.78 Å². The summed E-state index contributed by atoms with van der Waals surface area (Å²) in [5, 5.41) is 0. The average molecular weight is 419 g/mol.